The van der Waals surface area contributed by atoms with Gasteiger partial charge in [-0.1, -0.05) is 58.4 Å². The zero-order valence-electron chi connectivity index (χ0n) is 52.2. The van der Waals surface area contributed by atoms with E-state index in [1.807, 2.05) is 76.2 Å². The minimum atomic E-state index is -3.72. The highest BCUT2D eigenvalue weighted by Gasteiger charge is 2.37. The van der Waals surface area contributed by atoms with Gasteiger partial charge in [0.05, 0.1) is 18.1 Å². The van der Waals surface area contributed by atoms with Gasteiger partial charge in [-0.2, -0.15) is 4.31 Å². The smallest absolute Gasteiger partial charge is 0.407 e. The van der Waals surface area contributed by atoms with Gasteiger partial charge in [0.25, 0.3) is 0 Å². The SMILES string of the molecule is CC(C)(C)OC(=O)NC[C@H]1CC[C@H](C(=O)N(c2ccc(-c3nnn[nH]3)cc2)[C@@H](Cc2cccc(Br)c2)C(N)=O)CC1.Cc1ccc(S(=O)(=O)N2CCOCC2)cc1-c1cccc(C[C@H](NC(=O)[C@H]2CC[C@H](CNC(=O)O)CC2)C(=O)Nc2ccc(-c3nnn[nH]3)cc2)c1. The highest BCUT2D eigenvalue weighted by Crippen LogP contribution is 2.35. The molecule has 1 saturated heterocycles. The Kier molecular flexibility index (Phi) is 23.2. The van der Waals surface area contributed by atoms with E-state index in [2.05, 4.69) is 78.4 Å². The lowest BCUT2D eigenvalue weighted by molar-refractivity contribution is -0.130. The molecule has 0 bridgehead atoms. The number of carboxylic acid groups (broad SMARTS) is 1. The minimum Gasteiger partial charge on any atom is -0.465 e. The monoisotopic (exact) mass is 1360 g/mol. The Bertz CT molecular complexity index is 3800. The van der Waals surface area contributed by atoms with Crippen LogP contribution < -0.4 is 31.9 Å². The molecule has 6 amide bonds. The summed E-state index contributed by atoms with van der Waals surface area (Å²) in [5.74, 6) is -0.579. The molecule has 93 heavy (non-hydrogen) atoms. The first-order valence-electron chi connectivity index (χ1n) is 30.9. The summed E-state index contributed by atoms with van der Waals surface area (Å²) in [7, 11) is -3.72. The van der Waals surface area contributed by atoms with Crippen LogP contribution in [0.3, 0.4) is 0 Å². The van der Waals surface area contributed by atoms with Gasteiger partial charge < -0.3 is 41.6 Å². The molecule has 492 valence electrons. The molecular formula is C65H78BrN15O11S. The van der Waals surface area contributed by atoms with Gasteiger partial charge in [0.2, 0.25) is 33.7 Å². The molecule has 10 rings (SSSR count). The number of anilines is 2. The first-order valence-corrected chi connectivity index (χ1v) is 33.2. The van der Waals surface area contributed by atoms with Crippen molar-refractivity contribution in [1.29, 1.82) is 0 Å². The summed E-state index contributed by atoms with van der Waals surface area (Å²) in [5, 5.41) is 47.8. The summed E-state index contributed by atoms with van der Waals surface area (Å²) in [6.07, 6.45) is 4.32. The van der Waals surface area contributed by atoms with Crippen molar-refractivity contribution in [2.24, 2.45) is 29.4 Å². The summed E-state index contributed by atoms with van der Waals surface area (Å²) in [6.45, 7) is 9.51. The Morgan fingerprint density at radius 3 is 1.88 bits per heavy atom. The average molecular weight is 1360 g/mol. The number of tetrazole rings is 2. The van der Waals surface area contributed by atoms with E-state index in [4.69, 9.17) is 20.3 Å². The fraction of sp³-hybridized carbons (Fsp3) is 0.415. The molecule has 26 nitrogen and oxygen atoms in total. The molecule has 3 heterocycles. The molecule has 9 N–H and O–H groups in total. The molecule has 0 radical (unpaired) electrons. The van der Waals surface area contributed by atoms with Crippen LogP contribution in [0.1, 0.15) is 88.8 Å². The number of rotatable bonds is 21. The minimum absolute atomic E-state index is 0.142. The number of aromatic amines is 2. The number of nitrogens with two attached hydrogens (primary N) is 1. The van der Waals surface area contributed by atoms with E-state index in [-0.39, 0.29) is 53.2 Å². The van der Waals surface area contributed by atoms with Gasteiger partial charge in [-0.3, -0.25) is 24.1 Å². The molecule has 7 aromatic rings. The molecule has 2 aromatic heterocycles. The highest BCUT2D eigenvalue weighted by molar-refractivity contribution is 9.10. The zero-order chi connectivity index (χ0) is 66.2. The number of aromatic nitrogens is 8. The van der Waals surface area contributed by atoms with E-state index in [1.165, 1.54) is 4.31 Å². The van der Waals surface area contributed by atoms with E-state index >= 15 is 0 Å². The lowest BCUT2D eigenvalue weighted by atomic mass is 9.81. The largest absolute Gasteiger partial charge is 0.465 e. The topological polar surface area (TPSA) is 365 Å². The molecule has 0 unspecified atom stereocenters. The Hall–Kier alpha value is -8.99. The number of hydrogen-bond donors (Lipinski definition) is 8. The molecular weight excluding hydrogens is 1280 g/mol. The molecule has 2 atom stereocenters. The average Bonchev–Trinajstić information content (AvgIpc) is 1.40. The number of carbonyl (C=O) groups is 6. The maximum absolute atomic E-state index is 14.1. The van der Waals surface area contributed by atoms with Gasteiger partial charge in [-0.25, -0.2) is 28.2 Å². The van der Waals surface area contributed by atoms with Gasteiger partial charge in [0.15, 0.2) is 11.6 Å². The van der Waals surface area contributed by atoms with E-state index < -0.39 is 51.7 Å². The van der Waals surface area contributed by atoms with Crippen LogP contribution in [0.5, 0.6) is 0 Å². The number of ether oxygens (including phenoxy) is 2. The Labute approximate surface area is 547 Å². The van der Waals surface area contributed by atoms with E-state index in [1.54, 1.807) is 71.6 Å². The van der Waals surface area contributed by atoms with Crippen LogP contribution in [-0.2, 0) is 51.5 Å². The normalized spacial score (nSPS) is 18.3. The Balaban J connectivity index is 0.000000226. The number of hydrogen-bond acceptors (Lipinski definition) is 16. The Morgan fingerprint density at radius 1 is 0.731 bits per heavy atom. The third-order valence-corrected chi connectivity index (χ3v) is 19.1. The summed E-state index contributed by atoms with van der Waals surface area (Å²) in [4.78, 5) is 79.2. The van der Waals surface area contributed by atoms with Crippen molar-refractivity contribution < 1.29 is 51.8 Å². The number of aryl methyl sites for hydroxylation is 1. The van der Waals surface area contributed by atoms with E-state index in [9.17, 15) is 37.2 Å². The third-order valence-electron chi connectivity index (χ3n) is 16.7. The molecule has 2 saturated carbocycles. The molecule has 3 aliphatic rings. The number of alkyl carbamates (subject to hydrolysis) is 1. The van der Waals surface area contributed by atoms with Crippen molar-refractivity contribution >= 4 is 73.1 Å². The van der Waals surface area contributed by atoms with E-state index in [0.717, 1.165) is 56.3 Å². The van der Waals surface area contributed by atoms with Crippen LogP contribution in [0.2, 0.25) is 0 Å². The van der Waals surface area contributed by atoms with Crippen molar-refractivity contribution in [2.75, 3.05) is 49.6 Å². The molecule has 1 aliphatic heterocycles. The zero-order valence-corrected chi connectivity index (χ0v) is 54.6. The van der Waals surface area contributed by atoms with Gasteiger partial charge in [-0.05, 0) is 212 Å². The number of carbonyl (C=O) groups excluding carboxylic acids is 5. The number of morpholine rings is 1. The number of sulfonamides is 1. The first-order chi connectivity index (χ1) is 44.6. The van der Waals surface area contributed by atoms with Gasteiger partial charge >= 0.3 is 12.2 Å². The second-order valence-electron chi connectivity index (χ2n) is 24.5. The predicted octanol–water partition coefficient (Wildman–Crippen LogP) is 7.99. The van der Waals surface area contributed by atoms with Crippen molar-refractivity contribution in [3.05, 3.63) is 136 Å². The third kappa shape index (κ3) is 19.1. The van der Waals surface area contributed by atoms with Crippen LogP contribution in [0.4, 0.5) is 21.0 Å². The maximum atomic E-state index is 14.1. The van der Waals surface area contributed by atoms with Crippen molar-refractivity contribution in [2.45, 2.75) is 114 Å². The number of amides is 6. The summed E-state index contributed by atoms with van der Waals surface area (Å²) in [5.41, 5.74) is 12.0. The number of nitrogens with zero attached hydrogens (tertiary/aromatic N) is 8. The molecule has 28 heteroatoms. The quantitative estimate of drug-likeness (QED) is 0.0338. The van der Waals surface area contributed by atoms with Crippen LogP contribution in [0.25, 0.3) is 33.9 Å². The van der Waals surface area contributed by atoms with Gasteiger partial charge in [-0.15, -0.1) is 10.2 Å². The fourth-order valence-electron chi connectivity index (χ4n) is 11.8. The van der Waals surface area contributed by atoms with Crippen molar-refractivity contribution in [3.63, 3.8) is 0 Å². The number of primary amides is 1. The lowest BCUT2D eigenvalue weighted by Crippen LogP contribution is -2.52. The lowest BCUT2D eigenvalue weighted by Gasteiger charge is -2.36. The second kappa shape index (κ2) is 31.6. The predicted molar refractivity (Wildman–Crippen MR) is 349 cm³/mol. The van der Waals surface area contributed by atoms with Crippen LogP contribution >= 0.6 is 15.9 Å². The van der Waals surface area contributed by atoms with E-state index in [0.29, 0.717) is 101 Å². The number of benzene rings is 5. The second-order valence-corrected chi connectivity index (χ2v) is 27.4. The summed E-state index contributed by atoms with van der Waals surface area (Å²) < 4.78 is 39.9. The number of nitrogens with one attached hydrogen (secondary N) is 6. The maximum Gasteiger partial charge on any atom is 0.407 e. The molecule has 2 aliphatic carbocycles. The van der Waals surface area contributed by atoms with Crippen LogP contribution in [-0.4, -0.2) is 152 Å². The molecule has 3 fully saturated rings. The summed E-state index contributed by atoms with van der Waals surface area (Å²) in [6, 6.07) is 32.6. The molecule has 0 spiro atoms. The fourth-order valence-corrected chi connectivity index (χ4v) is 13.7. The van der Waals surface area contributed by atoms with Crippen LogP contribution in [0, 0.1) is 30.6 Å². The van der Waals surface area contributed by atoms with Gasteiger partial charge in [0, 0.05) is 77.8 Å². The first kappa shape index (κ1) is 68.4. The standard InChI is InChI=1S/C36H42N8O7S.C29H36BrN7O4/c1-23-5-14-30(52(49,50)44-15-17-51-18-16-44)21-31(23)28-4-2-3-25(19-28)20-32(39-34(45)27-8-6-24(7-9-27)22-37-36(47)48)35(46)38-29-12-10-26(11-13-29)33-40-42-43-41-33;1-29(2,3)41-28(40)32-17-18-7-9-21(10-8-18)27(39)37(23-13-11-20(12-14-23)26-33-35-36-34-26)24(25(31)38)16-19-5-4-6-22(30)15-19/h2-5,10-14,19,21,24,27,32,37H,6-9,15-18,20,22H2,1H3,(H,38,46)(H,39,45)(H,47,48)(H,40,41,42,43);4-6,11-15,18,21,24H,7-10,16-17H2,1-3H3,(H2,31,38)(H,32,40)(H,33,34,35,36)/t24-,27-,32-;18-,21-,24-/m00/s1. The van der Waals surface area contributed by atoms with Gasteiger partial charge in [0.1, 0.15) is 17.7 Å². The summed E-state index contributed by atoms with van der Waals surface area (Å²) >= 11 is 3.48. The highest BCUT2D eigenvalue weighted by atomic mass is 79.9. The number of H-pyrrole nitrogens is 2. The number of halogens is 1. The van der Waals surface area contributed by atoms with Crippen molar-refractivity contribution in [3.8, 4) is 33.9 Å². The van der Waals surface area contributed by atoms with Crippen LogP contribution in [0.15, 0.2) is 125 Å². The molecule has 5 aromatic carbocycles. The Morgan fingerprint density at radius 2 is 1.31 bits per heavy atom. The van der Waals surface area contributed by atoms with Crippen molar-refractivity contribution in [1.82, 2.24) is 61.5 Å².